The molecule has 3 nitrogen and oxygen atoms in total. The van der Waals surface area contributed by atoms with E-state index in [0.29, 0.717) is 0 Å². The molecule has 0 fully saturated rings. The Bertz CT molecular complexity index is 248. The fourth-order valence-corrected chi connectivity index (χ4v) is 1.29. The zero-order valence-corrected chi connectivity index (χ0v) is 9.04. The average molecular weight is 349 g/mol. The molecule has 0 aliphatic rings. The summed E-state index contributed by atoms with van der Waals surface area (Å²) in [4.78, 5) is 14.1. The predicted octanol–water partition coefficient (Wildman–Crippen LogP) is 1.40. The number of carboxylic acid groups (broad SMARTS) is 1. The Morgan fingerprint density at radius 2 is 2.45 bits per heavy atom. The first kappa shape index (κ1) is 10.7. The summed E-state index contributed by atoms with van der Waals surface area (Å²) in [7, 11) is 0. The van der Waals surface area contributed by atoms with Crippen LogP contribution >= 0.6 is 11.3 Å². The fraction of sp³-hybridized carbons (Fsp3) is 0.333. The van der Waals surface area contributed by atoms with Crippen LogP contribution in [-0.2, 0) is 26.5 Å². The molecular formula is C6H7IrNO2S. The molecule has 0 saturated carbocycles. The van der Waals surface area contributed by atoms with Gasteiger partial charge in [0, 0.05) is 25.5 Å². The molecule has 0 aliphatic carbocycles. The Morgan fingerprint density at radius 3 is 2.73 bits per heavy atom. The van der Waals surface area contributed by atoms with E-state index in [-0.39, 0.29) is 25.8 Å². The van der Waals surface area contributed by atoms with Gasteiger partial charge in [-0.15, -0.1) is 11.3 Å². The van der Waals surface area contributed by atoms with Crippen molar-refractivity contribution in [2.75, 3.05) is 0 Å². The van der Waals surface area contributed by atoms with Crippen LogP contribution < -0.4 is 0 Å². The van der Waals surface area contributed by atoms with Crippen molar-refractivity contribution in [2.24, 2.45) is 0 Å². The van der Waals surface area contributed by atoms with Gasteiger partial charge in [0.15, 0.2) is 5.69 Å². The van der Waals surface area contributed by atoms with Crippen molar-refractivity contribution >= 4 is 17.3 Å². The summed E-state index contributed by atoms with van der Waals surface area (Å²) in [6.07, 6.45) is 0.804. The number of aromatic carboxylic acids is 1. The first-order chi connectivity index (χ1) is 4.74. The van der Waals surface area contributed by atoms with Crippen LogP contribution in [0.1, 0.15) is 22.4 Å². The Morgan fingerprint density at radius 1 is 1.82 bits per heavy atom. The first-order valence-corrected chi connectivity index (χ1v) is 3.79. The maximum absolute atomic E-state index is 10.3. The minimum absolute atomic E-state index is 0. The maximum atomic E-state index is 10.3. The van der Waals surface area contributed by atoms with E-state index in [4.69, 9.17) is 5.11 Å². The largest absolute Gasteiger partial charge is 0.476 e. The monoisotopic (exact) mass is 350 g/mol. The van der Waals surface area contributed by atoms with Gasteiger partial charge < -0.3 is 5.11 Å². The maximum Gasteiger partial charge on any atom is 0.355 e. The average Bonchev–Trinajstić information content (AvgIpc) is 2.34. The van der Waals surface area contributed by atoms with E-state index in [1.54, 1.807) is 5.38 Å². The van der Waals surface area contributed by atoms with E-state index in [9.17, 15) is 4.79 Å². The van der Waals surface area contributed by atoms with Crippen molar-refractivity contribution in [1.29, 1.82) is 0 Å². The number of aromatic nitrogens is 1. The van der Waals surface area contributed by atoms with Gasteiger partial charge in [-0.2, -0.15) is 0 Å². The van der Waals surface area contributed by atoms with Gasteiger partial charge in [0.2, 0.25) is 0 Å². The van der Waals surface area contributed by atoms with E-state index >= 15 is 0 Å². The van der Waals surface area contributed by atoms with Crippen molar-refractivity contribution < 1.29 is 30.0 Å². The topological polar surface area (TPSA) is 50.2 Å². The molecule has 1 rings (SSSR count). The van der Waals surface area contributed by atoms with E-state index in [0.717, 1.165) is 11.4 Å². The van der Waals surface area contributed by atoms with E-state index < -0.39 is 5.97 Å². The molecule has 11 heavy (non-hydrogen) atoms. The predicted molar refractivity (Wildman–Crippen MR) is 38.5 cm³/mol. The number of hydrogen-bond acceptors (Lipinski definition) is 3. The summed E-state index contributed by atoms with van der Waals surface area (Å²) in [5.74, 6) is -0.948. The Hall–Kier alpha value is -0.251. The van der Waals surface area contributed by atoms with Crippen molar-refractivity contribution in [1.82, 2.24) is 4.98 Å². The zero-order valence-electron chi connectivity index (χ0n) is 5.83. The molecule has 1 N–H and O–H groups in total. The molecular weight excluding hydrogens is 342 g/mol. The molecule has 0 amide bonds. The molecule has 0 unspecified atom stereocenters. The summed E-state index contributed by atoms with van der Waals surface area (Å²) in [6.45, 7) is 1.95. The summed E-state index contributed by atoms with van der Waals surface area (Å²) < 4.78 is 0. The molecule has 0 spiro atoms. The van der Waals surface area contributed by atoms with Gasteiger partial charge in [0.05, 0.1) is 5.01 Å². The quantitative estimate of drug-likeness (QED) is 0.878. The second-order valence-electron chi connectivity index (χ2n) is 1.79. The molecule has 1 radical (unpaired) electrons. The second kappa shape index (κ2) is 4.59. The number of thiazole rings is 1. The smallest absolute Gasteiger partial charge is 0.355 e. The van der Waals surface area contributed by atoms with Crippen LogP contribution in [0.25, 0.3) is 0 Å². The van der Waals surface area contributed by atoms with Gasteiger partial charge in [0.1, 0.15) is 0 Å². The van der Waals surface area contributed by atoms with Crippen molar-refractivity contribution in [3.63, 3.8) is 0 Å². The minimum Gasteiger partial charge on any atom is -0.476 e. The molecule has 63 valence electrons. The van der Waals surface area contributed by atoms with E-state index in [1.807, 2.05) is 6.92 Å². The zero-order chi connectivity index (χ0) is 7.56. The number of aryl methyl sites for hydroxylation is 1. The minimum atomic E-state index is -0.948. The molecule has 5 heteroatoms. The van der Waals surface area contributed by atoms with Crippen molar-refractivity contribution in [3.8, 4) is 0 Å². The Labute approximate surface area is 81.8 Å². The summed E-state index contributed by atoms with van der Waals surface area (Å²) >= 11 is 1.39. The van der Waals surface area contributed by atoms with Gasteiger partial charge in [-0.05, 0) is 6.42 Å². The van der Waals surface area contributed by atoms with Crippen LogP contribution in [0.3, 0.4) is 0 Å². The van der Waals surface area contributed by atoms with Crippen LogP contribution in [0.4, 0.5) is 0 Å². The molecule has 0 saturated heterocycles. The number of nitrogens with zero attached hydrogens (tertiary/aromatic N) is 1. The third kappa shape index (κ3) is 2.69. The van der Waals surface area contributed by atoms with Gasteiger partial charge in [-0.3, -0.25) is 0 Å². The molecule has 1 aromatic heterocycles. The number of hydrogen-bond donors (Lipinski definition) is 1. The summed E-state index contributed by atoms with van der Waals surface area (Å²) in [5.41, 5.74) is 0.154. The molecule has 1 heterocycles. The first-order valence-electron chi connectivity index (χ1n) is 2.91. The normalized spacial score (nSPS) is 8.82. The third-order valence-corrected chi connectivity index (χ3v) is 2.07. The summed E-state index contributed by atoms with van der Waals surface area (Å²) in [5, 5.41) is 10.9. The van der Waals surface area contributed by atoms with Gasteiger partial charge in [0.25, 0.3) is 0 Å². The van der Waals surface area contributed by atoms with Gasteiger partial charge in [-0.25, -0.2) is 9.78 Å². The number of carboxylic acids is 1. The summed E-state index contributed by atoms with van der Waals surface area (Å²) in [6, 6.07) is 0. The fourth-order valence-electron chi connectivity index (χ4n) is 0.572. The van der Waals surface area contributed by atoms with E-state index in [2.05, 4.69) is 4.98 Å². The van der Waals surface area contributed by atoms with Crippen LogP contribution in [0, 0.1) is 0 Å². The molecule has 0 atom stereocenters. The van der Waals surface area contributed by atoms with Gasteiger partial charge in [-0.1, -0.05) is 6.92 Å². The third-order valence-electron chi connectivity index (χ3n) is 1.07. The Kier molecular flexibility index (Phi) is 4.49. The van der Waals surface area contributed by atoms with Crippen molar-refractivity contribution in [2.45, 2.75) is 13.3 Å². The van der Waals surface area contributed by atoms with Crippen molar-refractivity contribution in [3.05, 3.63) is 16.1 Å². The molecule has 0 bridgehead atoms. The van der Waals surface area contributed by atoms with E-state index in [1.165, 1.54) is 11.3 Å². The SMILES string of the molecule is CCc1nc(C(=O)O)cs1.[Ir]. The van der Waals surface area contributed by atoms with Crippen LogP contribution in [0.5, 0.6) is 0 Å². The van der Waals surface area contributed by atoms with Crippen LogP contribution in [0.15, 0.2) is 5.38 Å². The molecule has 1 aromatic rings. The second-order valence-corrected chi connectivity index (χ2v) is 2.73. The molecule has 0 aromatic carbocycles. The van der Waals surface area contributed by atoms with Gasteiger partial charge >= 0.3 is 5.97 Å². The standard InChI is InChI=1S/C6H7NO2S.Ir/c1-2-5-7-4(3-10-5)6(8)9;/h3H,2H2,1H3,(H,8,9);. The number of rotatable bonds is 2. The number of carbonyl (C=O) groups is 1. The van der Waals surface area contributed by atoms with Crippen LogP contribution in [0.2, 0.25) is 0 Å². The Balaban J connectivity index is 0.000001000. The van der Waals surface area contributed by atoms with Crippen LogP contribution in [-0.4, -0.2) is 16.1 Å². The molecule has 0 aliphatic heterocycles.